The highest BCUT2D eigenvalue weighted by molar-refractivity contribution is 5.86. The van der Waals surface area contributed by atoms with Gasteiger partial charge in [-0.3, -0.25) is 14.9 Å². The van der Waals surface area contributed by atoms with Crippen molar-refractivity contribution in [2.75, 3.05) is 31.6 Å². The average Bonchev–Trinajstić information content (AvgIpc) is 2.54. The van der Waals surface area contributed by atoms with Crippen LogP contribution in [0.3, 0.4) is 0 Å². The lowest BCUT2D eigenvalue weighted by Gasteiger charge is -2.25. The number of rotatable bonds is 6. The highest BCUT2D eigenvalue weighted by atomic mass is 16.2. The van der Waals surface area contributed by atoms with Gasteiger partial charge in [0.1, 0.15) is 0 Å². The van der Waals surface area contributed by atoms with E-state index in [0.717, 1.165) is 18.8 Å². The summed E-state index contributed by atoms with van der Waals surface area (Å²) in [5.74, 6) is 0.379. The fourth-order valence-electron chi connectivity index (χ4n) is 2.71. The minimum atomic E-state index is -0.244. The molecule has 2 amide bonds. The van der Waals surface area contributed by atoms with Crippen LogP contribution in [0.2, 0.25) is 0 Å². The lowest BCUT2D eigenvalue weighted by atomic mass is 9.90. The van der Waals surface area contributed by atoms with Crippen molar-refractivity contribution in [2.24, 2.45) is 0 Å². The molecule has 0 unspecified atom stereocenters. The molecule has 1 heterocycles. The van der Waals surface area contributed by atoms with Crippen molar-refractivity contribution in [3.05, 3.63) is 29.8 Å². The molecule has 0 saturated carbocycles. The summed E-state index contributed by atoms with van der Waals surface area (Å²) in [4.78, 5) is 23.6. The number of benzene rings is 1. The van der Waals surface area contributed by atoms with Crippen LogP contribution in [0.5, 0.6) is 0 Å². The molecule has 114 valence electrons. The maximum atomic E-state index is 11.3. The largest absolute Gasteiger partial charge is 0.374 e. The molecule has 1 aromatic rings. The van der Waals surface area contributed by atoms with Crippen LogP contribution in [0.15, 0.2) is 24.3 Å². The third-order valence-electron chi connectivity index (χ3n) is 4.02. The number of carbonyl (C=O) groups excluding carboxylic acids is 2. The molecule has 0 bridgehead atoms. The Morgan fingerprint density at radius 3 is 2.90 bits per heavy atom. The highest BCUT2D eigenvalue weighted by Gasteiger charge is 2.15. The van der Waals surface area contributed by atoms with Gasteiger partial charge in [0, 0.05) is 25.7 Å². The lowest BCUT2D eigenvalue weighted by Crippen LogP contribution is -2.28. The standard InChI is InChI=1S/C16H23N3O2/c1-19(10-7-16(21)18-12-20)15-4-2-3-14(11-15)13-5-8-17-9-6-13/h2-4,11-13,17H,5-10H2,1H3,(H,18,20,21). The molecule has 1 aromatic carbocycles. The Bertz CT molecular complexity index is 484. The van der Waals surface area contributed by atoms with E-state index in [-0.39, 0.29) is 5.91 Å². The van der Waals surface area contributed by atoms with Crippen LogP contribution >= 0.6 is 0 Å². The van der Waals surface area contributed by atoms with Gasteiger partial charge in [0.2, 0.25) is 12.3 Å². The van der Waals surface area contributed by atoms with Crippen LogP contribution in [0.1, 0.15) is 30.7 Å². The molecular weight excluding hydrogens is 266 g/mol. The number of imide groups is 1. The summed E-state index contributed by atoms with van der Waals surface area (Å²) in [6.45, 7) is 2.75. The zero-order valence-electron chi connectivity index (χ0n) is 12.5. The third kappa shape index (κ3) is 4.56. The Kier molecular flexibility index (Phi) is 5.75. The van der Waals surface area contributed by atoms with Gasteiger partial charge >= 0.3 is 0 Å². The predicted octanol–water partition coefficient (Wildman–Crippen LogP) is 1.25. The smallest absolute Gasteiger partial charge is 0.228 e. The van der Waals surface area contributed by atoms with Gasteiger partial charge in [-0.1, -0.05) is 12.1 Å². The van der Waals surface area contributed by atoms with Crippen molar-refractivity contribution in [2.45, 2.75) is 25.2 Å². The monoisotopic (exact) mass is 289 g/mol. The second-order valence-electron chi connectivity index (χ2n) is 5.48. The second kappa shape index (κ2) is 7.78. The van der Waals surface area contributed by atoms with Crippen molar-refractivity contribution in [1.29, 1.82) is 0 Å². The van der Waals surface area contributed by atoms with E-state index in [4.69, 9.17) is 0 Å². The number of carbonyl (C=O) groups is 2. The van der Waals surface area contributed by atoms with Crippen molar-refractivity contribution in [1.82, 2.24) is 10.6 Å². The first kappa shape index (κ1) is 15.5. The van der Waals surface area contributed by atoms with Crippen molar-refractivity contribution < 1.29 is 9.59 Å². The minimum Gasteiger partial charge on any atom is -0.374 e. The predicted molar refractivity (Wildman–Crippen MR) is 83.4 cm³/mol. The SMILES string of the molecule is CN(CCC(=O)NC=O)c1cccc(C2CCNCC2)c1. The van der Waals surface area contributed by atoms with E-state index < -0.39 is 0 Å². The summed E-state index contributed by atoms with van der Waals surface area (Å²) in [6.07, 6.45) is 3.09. The Morgan fingerprint density at radius 1 is 1.43 bits per heavy atom. The maximum absolute atomic E-state index is 11.3. The highest BCUT2D eigenvalue weighted by Crippen LogP contribution is 2.27. The van der Waals surface area contributed by atoms with Gasteiger partial charge in [0.05, 0.1) is 0 Å². The van der Waals surface area contributed by atoms with Crippen LogP contribution in [-0.2, 0) is 9.59 Å². The van der Waals surface area contributed by atoms with Crippen molar-refractivity contribution in [3.8, 4) is 0 Å². The summed E-state index contributed by atoms with van der Waals surface area (Å²) in [5.41, 5.74) is 2.49. The normalized spacial score (nSPS) is 15.5. The Balaban J connectivity index is 1.95. The number of hydrogen-bond acceptors (Lipinski definition) is 4. The molecule has 2 N–H and O–H groups in total. The van der Waals surface area contributed by atoms with Gasteiger partial charge in [-0.25, -0.2) is 0 Å². The molecule has 1 saturated heterocycles. The lowest BCUT2D eigenvalue weighted by molar-refractivity contribution is -0.125. The van der Waals surface area contributed by atoms with Gasteiger partial charge in [-0.15, -0.1) is 0 Å². The van der Waals surface area contributed by atoms with Gasteiger partial charge in [0.15, 0.2) is 0 Å². The fourth-order valence-corrected chi connectivity index (χ4v) is 2.71. The summed E-state index contributed by atoms with van der Waals surface area (Å²) in [6, 6.07) is 8.54. The van der Waals surface area contributed by atoms with Gasteiger partial charge < -0.3 is 10.2 Å². The number of nitrogens with one attached hydrogen (secondary N) is 2. The van der Waals surface area contributed by atoms with Crippen LogP contribution in [0.4, 0.5) is 5.69 Å². The number of nitrogens with zero attached hydrogens (tertiary/aromatic N) is 1. The average molecular weight is 289 g/mol. The topological polar surface area (TPSA) is 61.4 Å². The van der Waals surface area contributed by atoms with Gasteiger partial charge in [0.25, 0.3) is 0 Å². The van der Waals surface area contributed by atoms with Crippen LogP contribution in [0, 0.1) is 0 Å². The second-order valence-corrected chi connectivity index (χ2v) is 5.48. The third-order valence-corrected chi connectivity index (χ3v) is 4.02. The maximum Gasteiger partial charge on any atom is 0.228 e. The Hall–Kier alpha value is -1.88. The van der Waals surface area contributed by atoms with Crippen molar-refractivity contribution >= 4 is 18.0 Å². The Morgan fingerprint density at radius 2 is 2.19 bits per heavy atom. The molecule has 0 aliphatic carbocycles. The number of hydrogen-bond donors (Lipinski definition) is 2. The van der Waals surface area contributed by atoms with E-state index in [1.165, 1.54) is 18.4 Å². The first-order valence-electron chi connectivity index (χ1n) is 7.45. The van der Waals surface area contributed by atoms with E-state index in [1.54, 1.807) is 0 Å². The van der Waals surface area contributed by atoms with E-state index in [2.05, 4.69) is 39.8 Å². The van der Waals surface area contributed by atoms with Crippen LogP contribution in [-0.4, -0.2) is 39.0 Å². The molecule has 0 radical (unpaired) electrons. The van der Waals surface area contributed by atoms with E-state index >= 15 is 0 Å². The van der Waals surface area contributed by atoms with Crippen molar-refractivity contribution in [3.63, 3.8) is 0 Å². The van der Waals surface area contributed by atoms with E-state index in [0.29, 0.717) is 25.3 Å². The fraction of sp³-hybridized carbons (Fsp3) is 0.500. The molecule has 0 atom stereocenters. The molecule has 5 heteroatoms. The summed E-state index contributed by atoms with van der Waals surface area (Å²) < 4.78 is 0. The zero-order valence-corrected chi connectivity index (χ0v) is 12.5. The number of piperidine rings is 1. The van der Waals surface area contributed by atoms with Gasteiger partial charge in [-0.05, 0) is 49.5 Å². The Labute approximate surface area is 125 Å². The van der Waals surface area contributed by atoms with E-state index in [9.17, 15) is 9.59 Å². The quantitative estimate of drug-likeness (QED) is 0.774. The number of anilines is 1. The molecule has 0 aromatic heterocycles. The van der Waals surface area contributed by atoms with E-state index in [1.807, 2.05) is 7.05 Å². The van der Waals surface area contributed by atoms with Gasteiger partial charge in [-0.2, -0.15) is 0 Å². The first-order valence-corrected chi connectivity index (χ1v) is 7.45. The zero-order chi connectivity index (χ0) is 15.1. The molecule has 5 nitrogen and oxygen atoms in total. The molecule has 2 rings (SSSR count). The van der Waals surface area contributed by atoms with Crippen LogP contribution in [0.25, 0.3) is 0 Å². The molecule has 0 spiro atoms. The first-order chi connectivity index (χ1) is 10.2. The molecular formula is C16H23N3O2. The molecule has 1 fully saturated rings. The molecule has 21 heavy (non-hydrogen) atoms. The number of amides is 2. The summed E-state index contributed by atoms with van der Waals surface area (Å²) >= 11 is 0. The summed E-state index contributed by atoms with van der Waals surface area (Å²) in [5, 5.41) is 5.55. The van der Waals surface area contributed by atoms with Crippen LogP contribution < -0.4 is 15.5 Å². The summed E-state index contributed by atoms with van der Waals surface area (Å²) in [7, 11) is 1.97. The molecule has 1 aliphatic rings. The minimum absolute atomic E-state index is 0.244. The molecule has 1 aliphatic heterocycles.